The van der Waals surface area contributed by atoms with Crippen molar-refractivity contribution in [2.24, 2.45) is 0 Å². The average molecular weight is 396 g/mol. The summed E-state index contributed by atoms with van der Waals surface area (Å²) in [5.74, 6) is -1.14. The summed E-state index contributed by atoms with van der Waals surface area (Å²) in [6.45, 7) is 10.4. The molecule has 2 unspecified atom stereocenters. The highest BCUT2D eigenvalue weighted by Gasteiger charge is 2.24. The van der Waals surface area contributed by atoms with Crippen molar-refractivity contribution in [3.63, 3.8) is 0 Å². The van der Waals surface area contributed by atoms with Gasteiger partial charge in [0, 0.05) is 18.0 Å². The van der Waals surface area contributed by atoms with E-state index >= 15 is 0 Å². The van der Waals surface area contributed by atoms with Crippen molar-refractivity contribution in [3.05, 3.63) is 82.9 Å². The minimum absolute atomic E-state index is 0. The molecule has 2 atom stereocenters. The van der Waals surface area contributed by atoms with Gasteiger partial charge in [-0.2, -0.15) is 5.06 Å². The summed E-state index contributed by atoms with van der Waals surface area (Å²) in [6.07, 6.45) is 2.04. The zero-order valence-corrected chi connectivity index (χ0v) is 17.2. The summed E-state index contributed by atoms with van der Waals surface area (Å²) in [6, 6.07) is 10.0. The Morgan fingerprint density at radius 3 is 2.07 bits per heavy atom. The molecule has 0 amide bonds. The van der Waals surface area contributed by atoms with E-state index in [1.807, 2.05) is 39.0 Å². The van der Waals surface area contributed by atoms with E-state index in [1.54, 1.807) is 18.2 Å². The molecule has 0 saturated carbocycles. The van der Waals surface area contributed by atoms with Crippen LogP contribution >= 0.6 is 12.4 Å². The van der Waals surface area contributed by atoms with E-state index in [2.05, 4.69) is 6.58 Å². The summed E-state index contributed by atoms with van der Waals surface area (Å²) in [4.78, 5) is 5.51. The monoisotopic (exact) mass is 395 g/mol. The minimum Gasteiger partial charge on any atom is -0.302 e. The lowest BCUT2D eigenvalue weighted by Crippen LogP contribution is -2.35. The van der Waals surface area contributed by atoms with Crippen LogP contribution in [0, 0.1) is 25.5 Å². The molecule has 0 saturated heterocycles. The van der Waals surface area contributed by atoms with Crippen LogP contribution < -0.4 is 0 Å². The fourth-order valence-corrected chi connectivity index (χ4v) is 3.44. The Bertz CT molecular complexity index is 725. The van der Waals surface area contributed by atoms with E-state index in [0.29, 0.717) is 6.54 Å². The van der Waals surface area contributed by atoms with E-state index in [0.717, 1.165) is 16.7 Å². The fraction of sp³-hybridized carbons (Fsp3) is 0.364. The van der Waals surface area contributed by atoms with E-state index in [9.17, 15) is 8.78 Å². The standard InChI is InChI=1S/C22H27F2NO.ClH/c1-6-17(4)25(26-5)14-18(22-15(2)9-7-10-16(22)3)13-19-20(23)11-8-12-21(19)24;/h6-12,17-18H,1,13-14H2,2-5H3;1H. The van der Waals surface area contributed by atoms with Crippen molar-refractivity contribution in [1.82, 2.24) is 5.06 Å². The highest BCUT2D eigenvalue weighted by Crippen LogP contribution is 2.30. The van der Waals surface area contributed by atoms with Crippen molar-refractivity contribution in [2.45, 2.75) is 39.2 Å². The number of halogens is 3. The average Bonchev–Trinajstić information content (AvgIpc) is 2.61. The minimum atomic E-state index is -0.512. The predicted molar refractivity (Wildman–Crippen MR) is 109 cm³/mol. The van der Waals surface area contributed by atoms with Gasteiger partial charge in [0.05, 0.1) is 13.2 Å². The van der Waals surface area contributed by atoms with Crippen LogP contribution in [0.15, 0.2) is 49.1 Å². The Morgan fingerprint density at radius 2 is 1.59 bits per heavy atom. The molecule has 0 heterocycles. The summed E-state index contributed by atoms with van der Waals surface area (Å²) in [5.41, 5.74) is 3.43. The Labute approximate surface area is 167 Å². The van der Waals surface area contributed by atoms with Gasteiger partial charge in [-0.1, -0.05) is 30.3 Å². The number of rotatable bonds is 8. The molecule has 0 aliphatic rings. The first-order chi connectivity index (χ1) is 12.4. The van der Waals surface area contributed by atoms with Gasteiger partial charge in [-0.05, 0) is 56.0 Å². The molecule has 2 aromatic rings. The molecule has 0 radical (unpaired) electrons. The molecule has 27 heavy (non-hydrogen) atoms. The highest BCUT2D eigenvalue weighted by atomic mass is 35.5. The molecule has 2 aromatic carbocycles. The van der Waals surface area contributed by atoms with Gasteiger partial charge >= 0.3 is 0 Å². The second kappa shape index (κ2) is 10.5. The lowest BCUT2D eigenvalue weighted by molar-refractivity contribution is -0.149. The third-order valence-corrected chi connectivity index (χ3v) is 4.89. The maximum atomic E-state index is 14.3. The van der Waals surface area contributed by atoms with Crippen molar-refractivity contribution in [1.29, 1.82) is 0 Å². The number of hydroxylamine groups is 2. The van der Waals surface area contributed by atoms with Gasteiger partial charge in [-0.25, -0.2) is 8.78 Å². The second-order valence-corrected chi connectivity index (χ2v) is 6.67. The molecular formula is C22H28ClF2NO. The predicted octanol–water partition coefficient (Wildman–Crippen LogP) is 5.77. The molecule has 5 heteroatoms. The second-order valence-electron chi connectivity index (χ2n) is 6.67. The molecule has 0 aromatic heterocycles. The zero-order valence-electron chi connectivity index (χ0n) is 16.3. The third-order valence-electron chi connectivity index (χ3n) is 4.89. The Morgan fingerprint density at radius 1 is 1.07 bits per heavy atom. The van der Waals surface area contributed by atoms with Gasteiger partial charge in [0.15, 0.2) is 0 Å². The largest absolute Gasteiger partial charge is 0.302 e. The summed E-state index contributed by atoms with van der Waals surface area (Å²) in [7, 11) is 1.60. The van der Waals surface area contributed by atoms with E-state index in [4.69, 9.17) is 4.84 Å². The lowest BCUT2D eigenvalue weighted by Gasteiger charge is -2.31. The smallest absolute Gasteiger partial charge is 0.129 e. The van der Waals surface area contributed by atoms with Crippen LogP contribution in [0.4, 0.5) is 8.78 Å². The Kier molecular flexibility index (Phi) is 9.10. The molecular weight excluding hydrogens is 368 g/mol. The van der Waals surface area contributed by atoms with Gasteiger partial charge in [-0.3, -0.25) is 0 Å². The fourth-order valence-electron chi connectivity index (χ4n) is 3.44. The number of benzene rings is 2. The molecule has 0 fully saturated rings. The van der Waals surface area contributed by atoms with Crippen molar-refractivity contribution in [3.8, 4) is 0 Å². The van der Waals surface area contributed by atoms with E-state index in [-0.39, 0.29) is 36.4 Å². The topological polar surface area (TPSA) is 12.5 Å². The normalized spacial score (nSPS) is 13.1. The Balaban J connectivity index is 0.00000364. The summed E-state index contributed by atoms with van der Waals surface area (Å²) >= 11 is 0. The number of hydrogen-bond acceptors (Lipinski definition) is 2. The molecule has 2 rings (SSSR count). The van der Waals surface area contributed by atoms with Crippen molar-refractivity contribution in [2.75, 3.05) is 13.7 Å². The molecule has 0 aliphatic heterocycles. The van der Waals surface area contributed by atoms with E-state index in [1.165, 1.54) is 18.2 Å². The van der Waals surface area contributed by atoms with Gasteiger partial charge in [-0.15, -0.1) is 19.0 Å². The molecule has 0 bridgehead atoms. The van der Waals surface area contributed by atoms with Crippen LogP contribution in [0.5, 0.6) is 0 Å². The first-order valence-electron chi connectivity index (χ1n) is 8.81. The molecule has 0 aliphatic carbocycles. The van der Waals surface area contributed by atoms with Crippen LogP contribution in [-0.2, 0) is 11.3 Å². The SMILES string of the molecule is C=CC(C)N(CC(Cc1c(F)cccc1F)c1c(C)cccc1C)OC.Cl. The zero-order chi connectivity index (χ0) is 19.3. The lowest BCUT2D eigenvalue weighted by atomic mass is 9.85. The molecule has 2 nitrogen and oxygen atoms in total. The first-order valence-corrected chi connectivity index (χ1v) is 8.81. The quantitative estimate of drug-likeness (QED) is 0.415. The van der Waals surface area contributed by atoms with Crippen LogP contribution in [0.1, 0.15) is 35.1 Å². The first kappa shape index (κ1) is 23.3. The van der Waals surface area contributed by atoms with Crippen LogP contribution in [-0.4, -0.2) is 24.8 Å². The van der Waals surface area contributed by atoms with Crippen LogP contribution in [0.3, 0.4) is 0 Å². The number of aryl methyl sites for hydroxylation is 2. The van der Waals surface area contributed by atoms with Crippen LogP contribution in [0.25, 0.3) is 0 Å². The van der Waals surface area contributed by atoms with Gasteiger partial charge in [0.1, 0.15) is 11.6 Å². The number of hydrogen-bond donors (Lipinski definition) is 0. The van der Waals surface area contributed by atoms with Crippen molar-refractivity contribution < 1.29 is 13.6 Å². The number of nitrogens with zero attached hydrogens (tertiary/aromatic N) is 1. The van der Waals surface area contributed by atoms with E-state index < -0.39 is 11.6 Å². The highest BCUT2D eigenvalue weighted by molar-refractivity contribution is 5.85. The summed E-state index contributed by atoms with van der Waals surface area (Å²) < 4.78 is 28.5. The van der Waals surface area contributed by atoms with Gasteiger partial charge in [0.2, 0.25) is 0 Å². The van der Waals surface area contributed by atoms with Crippen LogP contribution in [0.2, 0.25) is 0 Å². The molecule has 0 N–H and O–H groups in total. The maximum Gasteiger partial charge on any atom is 0.129 e. The van der Waals surface area contributed by atoms with Crippen molar-refractivity contribution >= 4 is 12.4 Å². The molecule has 0 spiro atoms. The maximum absolute atomic E-state index is 14.3. The third kappa shape index (κ3) is 5.61. The van der Waals surface area contributed by atoms with Gasteiger partial charge in [0.25, 0.3) is 0 Å². The Hall–Kier alpha value is -1.75. The summed E-state index contributed by atoms with van der Waals surface area (Å²) in [5, 5.41) is 1.79. The van der Waals surface area contributed by atoms with Gasteiger partial charge < -0.3 is 4.84 Å². The molecule has 148 valence electrons.